The third-order valence-electron chi connectivity index (χ3n) is 3.74. The first-order valence-corrected chi connectivity index (χ1v) is 8.05. The van der Waals surface area contributed by atoms with Gasteiger partial charge in [-0.05, 0) is 32.1 Å². The molecule has 6 heteroatoms. The third kappa shape index (κ3) is 3.42. The van der Waals surface area contributed by atoms with Crippen LogP contribution in [0.15, 0.2) is 0 Å². The van der Waals surface area contributed by atoms with Crippen molar-refractivity contribution in [3.05, 3.63) is 0 Å². The van der Waals surface area contributed by atoms with Crippen LogP contribution in [0, 0.1) is 5.92 Å². The van der Waals surface area contributed by atoms with E-state index in [1.807, 2.05) is 0 Å². The molecule has 1 amide bonds. The van der Waals surface area contributed by atoms with E-state index in [9.17, 15) is 13.2 Å². The first kappa shape index (κ1) is 12.8. The summed E-state index contributed by atoms with van der Waals surface area (Å²) < 4.78 is 22.5. The van der Waals surface area contributed by atoms with Crippen LogP contribution in [0.2, 0.25) is 0 Å². The maximum Gasteiger partial charge on any atom is 0.223 e. The normalized spacial score (nSPS) is 33.5. The minimum atomic E-state index is -2.85. The van der Waals surface area contributed by atoms with E-state index in [1.54, 1.807) is 0 Å². The van der Waals surface area contributed by atoms with Gasteiger partial charge in [-0.25, -0.2) is 8.42 Å². The van der Waals surface area contributed by atoms with Gasteiger partial charge in [0.2, 0.25) is 5.91 Å². The zero-order valence-corrected chi connectivity index (χ0v) is 10.7. The number of hydrogen-bond donors (Lipinski definition) is 2. The summed E-state index contributed by atoms with van der Waals surface area (Å²) in [5.74, 6) is 0.482. The molecule has 0 aromatic heterocycles. The number of amides is 1. The first-order valence-electron chi connectivity index (χ1n) is 6.22. The third-order valence-corrected chi connectivity index (χ3v) is 5.46. The molecule has 0 aromatic carbocycles. The molecule has 1 aliphatic carbocycles. The van der Waals surface area contributed by atoms with Crippen LogP contribution < -0.4 is 11.1 Å². The van der Waals surface area contributed by atoms with Crippen LogP contribution in [0.1, 0.15) is 32.1 Å². The summed E-state index contributed by atoms with van der Waals surface area (Å²) in [6.07, 6.45) is 3.63. The Kier molecular flexibility index (Phi) is 3.73. The van der Waals surface area contributed by atoms with Crippen LogP contribution >= 0.6 is 0 Å². The van der Waals surface area contributed by atoms with Gasteiger partial charge in [0.05, 0.1) is 11.5 Å². The lowest BCUT2D eigenvalue weighted by Crippen LogP contribution is -2.43. The molecule has 2 unspecified atom stereocenters. The molecule has 0 radical (unpaired) electrons. The lowest BCUT2D eigenvalue weighted by atomic mass is 10.1. The number of carbonyl (C=O) groups excluding carboxylic acids is 1. The molecule has 0 bridgehead atoms. The molecule has 3 N–H and O–H groups in total. The number of nitrogens with one attached hydrogen (secondary N) is 1. The minimum absolute atomic E-state index is 0.0304. The Morgan fingerprint density at radius 3 is 2.29 bits per heavy atom. The van der Waals surface area contributed by atoms with Crippen LogP contribution in [0.3, 0.4) is 0 Å². The standard InChI is InChI=1S/C11H20N2O3S/c12-9-2-1-8(7-9)11(14)13-10-3-5-17(15,16)6-4-10/h8-10H,1-7,12H2,(H,13,14). The molecule has 2 rings (SSSR count). The molecule has 0 spiro atoms. The van der Waals surface area contributed by atoms with Crippen molar-refractivity contribution in [1.82, 2.24) is 5.32 Å². The summed E-state index contributed by atoms with van der Waals surface area (Å²) in [5.41, 5.74) is 5.77. The van der Waals surface area contributed by atoms with Gasteiger partial charge in [-0.1, -0.05) is 0 Å². The number of hydrogen-bond acceptors (Lipinski definition) is 4. The summed E-state index contributed by atoms with van der Waals surface area (Å²) in [6.45, 7) is 0. The van der Waals surface area contributed by atoms with Crippen molar-refractivity contribution in [3.63, 3.8) is 0 Å². The molecular weight excluding hydrogens is 240 g/mol. The smallest absolute Gasteiger partial charge is 0.223 e. The lowest BCUT2D eigenvalue weighted by molar-refractivity contribution is -0.125. The SMILES string of the molecule is NC1CCC(C(=O)NC2CCS(=O)(=O)CC2)C1. The average molecular weight is 260 g/mol. The van der Waals surface area contributed by atoms with Crippen molar-refractivity contribution in [1.29, 1.82) is 0 Å². The second-order valence-electron chi connectivity index (χ2n) is 5.20. The molecule has 5 nitrogen and oxygen atoms in total. The van der Waals surface area contributed by atoms with Gasteiger partial charge in [-0.2, -0.15) is 0 Å². The molecule has 0 aromatic rings. The van der Waals surface area contributed by atoms with E-state index in [0.29, 0.717) is 12.8 Å². The highest BCUT2D eigenvalue weighted by Gasteiger charge is 2.30. The van der Waals surface area contributed by atoms with Gasteiger partial charge in [0.15, 0.2) is 0 Å². The van der Waals surface area contributed by atoms with Crippen LogP contribution in [0.5, 0.6) is 0 Å². The van der Waals surface area contributed by atoms with Gasteiger partial charge >= 0.3 is 0 Å². The van der Waals surface area contributed by atoms with Gasteiger partial charge in [0.25, 0.3) is 0 Å². The summed E-state index contributed by atoms with van der Waals surface area (Å²) in [7, 11) is -2.85. The zero-order valence-electron chi connectivity index (χ0n) is 9.89. The van der Waals surface area contributed by atoms with Gasteiger partial charge in [-0.3, -0.25) is 4.79 Å². The van der Waals surface area contributed by atoms with Crippen molar-refractivity contribution >= 4 is 15.7 Å². The predicted molar refractivity (Wildman–Crippen MR) is 65.1 cm³/mol. The van der Waals surface area contributed by atoms with Crippen LogP contribution in [0.25, 0.3) is 0 Å². The van der Waals surface area contributed by atoms with Gasteiger partial charge in [0, 0.05) is 18.0 Å². The van der Waals surface area contributed by atoms with Crippen molar-refractivity contribution < 1.29 is 13.2 Å². The zero-order chi connectivity index (χ0) is 12.5. The maximum absolute atomic E-state index is 11.9. The summed E-state index contributed by atoms with van der Waals surface area (Å²) in [4.78, 5) is 11.9. The Labute approximate surface area is 102 Å². The maximum atomic E-state index is 11.9. The van der Waals surface area contributed by atoms with Crippen LogP contribution in [-0.2, 0) is 14.6 Å². The molecular formula is C11H20N2O3S. The van der Waals surface area contributed by atoms with E-state index in [4.69, 9.17) is 5.73 Å². The molecule has 2 atom stereocenters. The van der Waals surface area contributed by atoms with Crippen LogP contribution in [0.4, 0.5) is 0 Å². The highest BCUT2D eigenvalue weighted by Crippen LogP contribution is 2.24. The monoisotopic (exact) mass is 260 g/mol. The highest BCUT2D eigenvalue weighted by molar-refractivity contribution is 7.91. The Morgan fingerprint density at radius 2 is 1.76 bits per heavy atom. The second-order valence-corrected chi connectivity index (χ2v) is 7.51. The first-order chi connectivity index (χ1) is 7.96. The van der Waals surface area contributed by atoms with Gasteiger partial charge in [-0.15, -0.1) is 0 Å². The largest absolute Gasteiger partial charge is 0.353 e. The Morgan fingerprint density at radius 1 is 1.12 bits per heavy atom. The summed E-state index contributed by atoms with van der Waals surface area (Å²) in [6, 6.07) is 0.181. The molecule has 1 saturated carbocycles. The molecule has 98 valence electrons. The molecule has 2 fully saturated rings. The van der Waals surface area contributed by atoms with Crippen molar-refractivity contribution in [2.45, 2.75) is 44.2 Å². The fourth-order valence-corrected chi connectivity index (χ4v) is 4.10. The van der Waals surface area contributed by atoms with E-state index in [-0.39, 0.29) is 35.4 Å². The molecule has 17 heavy (non-hydrogen) atoms. The number of sulfone groups is 1. The van der Waals surface area contributed by atoms with E-state index in [2.05, 4.69) is 5.32 Å². The summed E-state index contributed by atoms with van der Waals surface area (Å²) in [5, 5.41) is 2.96. The number of nitrogens with two attached hydrogens (primary N) is 1. The second kappa shape index (κ2) is 4.94. The Bertz CT molecular complexity index is 380. The van der Waals surface area contributed by atoms with Crippen LogP contribution in [-0.4, -0.2) is 37.9 Å². The number of rotatable bonds is 2. The fourth-order valence-electron chi connectivity index (χ4n) is 2.61. The lowest BCUT2D eigenvalue weighted by Gasteiger charge is -2.24. The molecule has 2 aliphatic rings. The van der Waals surface area contributed by atoms with Crippen molar-refractivity contribution in [3.8, 4) is 0 Å². The minimum Gasteiger partial charge on any atom is -0.353 e. The van der Waals surface area contributed by atoms with E-state index in [1.165, 1.54) is 0 Å². The van der Waals surface area contributed by atoms with E-state index < -0.39 is 9.84 Å². The number of carbonyl (C=O) groups is 1. The molecule has 1 aliphatic heterocycles. The van der Waals surface area contributed by atoms with Crippen molar-refractivity contribution in [2.75, 3.05) is 11.5 Å². The molecule has 1 saturated heterocycles. The average Bonchev–Trinajstić information content (AvgIpc) is 2.68. The van der Waals surface area contributed by atoms with Gasteiger partial charge in [0.1, 0.15) is 9.84 Å². The summed E-state index contributed by atoms with van der Waals surface area (Å²) >= 11 is 0. The molecule has 1 heterocycles. The Hall–Kier alpha value is -0.620. The Balaban J connectivity index is 1.80. The van der Waals surface area contributed by atoms with E-state index >= 15 is 0 Å². The topological polar surface area (TPSA) is 89.3 Å². The predicted octanol–water partition coefficient (Wildman–Crippen LogP) is -0.193. The quantitative estimate of drug-likeness (QED) is 0.720. The van der Waals surface area contributed by atoms with Crippen molar-refractivity contribution in [2.24, 2.45) is 11.7 Å². The van der Waals surface area contributed by atoms with Gasteiger partial charge < -0.3 is 11.1 Å². The fraction of sp³-hybridized carbons (Fsp3) is 0.909. The van der Waals surface area contributed by atoms with E-state index in [0.717, 1.165) is 19.3 Å². The highest BCUT2D eigenvalue weighted by atomic mass is 32.2.